The molecule has 1 unspecified atom stereocenters. The minimum absolute atomic E-state index is 0.262. The van der Waals surface area contributed by atoms with Crippen molar-refractivity contribution < 1.29 is 23.1 Å². The monoisotopic (exact) mass is 369 g/mol. The van der Waals surface area contributed by atoms with Crippen LogP contribution < -0.4 is 10.6 Å². The average molecular weight is 369 g/mol. The lowest BCUT2D eigenvalue weighted by molar-refractivity contribution is -0.118. The number of hydrogen-bond donors (Lipinski definition) is 2. The van der Waals surface area contributed by atoms with Gasteiger partial charge in [0.15, 0.2) is 5.13 Å². The van der Waals surface area contributed by atoms with Gasteiger partial charge in [-0.15, -0.1) is 11.3 Å². The Labute approximate surface area is 147 Å². The number of amides is 2. The molecule has 0 bridgehead atoms. The van der Waals surface area contributed by atoms with Crippen molar-refractivity contribution in [1.29, 1.82) is 0 Å². The largest absolute Gasteiger partial charge is 0.444 e. The van der Waals surface area contributed by atoms with Gasteiger partial charge >= 0.3 is 6.09 Å². The van der Waals surface area contributed by atoms with E-state index in [0.29, 0.717) is 0 Å². The molecule has 9 heteroatoms. The SMILES string of the molecule is CC(C)(C)OC(=O)NC(C(=O)Nc1nccs1)c1cc(F)ccc1F. The van der Waals surface area contributed by atoms with Gasteiger partial charge in [0.1, 0.15) is 23.3 Å². The highest BCUT2D eigenvalue weighted by atomic mass is 32.1. The number of nitrogens with zero attached hydrogens (tertiary/aromatic N) is 1. The summed E-state index contributed by atoms with van der Waals surface area (Å²) in [5.41, 5.74) is -1.14. The summed E-state index contributed by atoms with van der Waals surface area (Å²) in [5, 5.41) is 6.61. The van der Waals surface area contributed by atoms with E-state index in [2.05, 4.69) is 15.6 Å². The van der Waals surface area contributed by atoms with Crippen molar-refractivity contribution in [3.8, 4) is 0 Å². The fourth-order valence-electron chi connectivity index (χ4n) is 1.91. The standard InChI is InChI=1S/C16H17F2N3O3S/c1-16(2,3)24-15(23)20-12(10-8-9(17)4-5-11(10)18)13(22)21-14-19-6-7-25-14/h4-8,12H,1-3H3,(H,20,23)(H,19,21,22). The Morgan fingerprint density at radius 3 is 2.60 bits per heavy atom. The van der Waals surface area contributed by atoms with Crippen LogP contribution in [0.2, 0.25) is 0 Å². The minimum atomic E-state index is -1.49. The molecule has 2 aromatic rings. The molecule has 0 aliphatic carbocycles. The van der Waals surface area contributed by atoms with Gasteiger partial charge in [-0.05, 0) is 39.0 Å². The van der Waals surface area contributed by atoms with Gasteiger partial charge in [-0.3, -0.25) is 10.1 Å². The number of thiazole rings is 1. The van der Waals surface area contributed by atoms with Crippen LogP contribution in [-0.4, -0.2) is 22.6 Å². The van der Waals surface area contributed by atoms with Crippen LogP contribution in [0.15, 0.2) is 29.8 Å². The molecule has 2 rings (SSSR count). The molecule has 0 saturated heterocycles. The van der Waals surface area contributed by atoms with E-state index in [9.17, 15) is 18.4 Å². The zero-order valence-corrected chi connectivity index (χ0v) is 14.6. The normalized spacial score (nSPS) is 12.4. The minimum Gasteiger partial charge on any atom is -0.444 e. The molecule has 25 heavy (non-hydrogen) atoms. The average Bonchev–Trinajstić information content (AvgIpc) is 2.98. The Morgan fingerprint density at radius 1 is 1.28 bits per heavy atom. The maximum Gasteiger partial charge on any atom is 0.408 e. The van der Waals surface area contributed by atoms with Crippen LogP contribution in [0, 0.1) is 11.6 Å². The first-order valence-corrected chi connectivity index (χ1v) is 8.18. The highest BCUT2D eigenvalue weighted by molar-refractivity contribution is 7.13. The second-order valence-electron chi connectivity index (χ2n) is 6.07. The zero-order valence-electron chi connectivity index (χ0n) is 13.8. The zero-order chi connectivity index (χ0) is 18.6. The lowest BCUT2D eigenvalue weighted by Crippen LogP contribution is -2.40. The van der Waals surface area contributed by atoms with Gasteiger partial charge in [0.05, 0.1) is 0 Å². The highest BCUT2D eigenvalue weighted by Gasteiger charge is 2.29. The molecular weight excluding hydrogens is 352 g/mol. The maximum atomic E-state index is 14.1. The number of ether oxygens (including phenoxy) is 1. The molecule has 0 fully saturated rings. The number of alkyl carbamates (subject to hydrolysis) is 1. The number of benzene rings is 1. The Morgan fingerprint density at radius 2 is 2.00 bits per heavy atom. The van der Waals surface area contributed by atoms with E-state index in [1.807, 2.05) is 0 Å². The summed E-state index contributed by atoms with van der Waals surface area (Å²) in [4.78, 5) is 28.4. The molecule has 2 N–H and O–H groups in total. The van der Waals surface area contributed by atoms with Crippen LogP contribution in [-0.2, 0) is 9.53 Å². The number of rotatable bonds is 4. The van der Waals surface area contributed by atoms with Gasteiger partial charge in [0, 0.05) is 17.1 Å². The number of anilines is 1. The third-order valence-corrected chi connectivity index (χ3v) is 3.54. The van der Waals surface area contributed by atoms with Crippen molar-refractivity contribution in [2.24, 2.45) is 0 Å². The van der Waals surface area contributed by atoms with Crippen LogP contribution in [0.3, 0.4) is 0 Å². The lowest BCUT2D eigenvalue weighted by atomic mass is 10.1. The molecule has 0 aliphatic heterocycles. The second-order valence-corrected chi connectivity index (χ2v) is 6.97. The maximum absolute atomic E-state index is 14.1. The molecule has 1 heterocycles. The van der Waals surface area contributed by atoms with Crippen molar-refractivity contribution in [3.63, 3.8) is 0 Å². The fourth-order valence-corrected chi connectivity index (χ4v) is 2.44. The van der Waals surface area contributed by atoms with Crippen LogP contribution >= 0.6 is 11.3 Å². The van der Waals surface area contributed by atoms with Crippen LogP contribution in [0.25, 0.3) is 0 Å². The Hall–Kier alpha value is -2.55. The van der Waals surface area contributed by atoms with Crippen molar-refractivity contribution >= 4 is 28.5 Å². The van der Waals surface area contributed by atoms with Crippen LogP contribution in [0.5, 0.6) is 0 Å². The highest BCUT2D eigenvalue weighted by Crippen LogP contribution is 2.22. The summed E-state index contributed by atoms with van der Waals surface area (Å²) >= 11 is 1.15. The van der Waals surface area contributed by atoms with E-state index < -0.39 is 35.3 Å². The van der Waals surface area contributed by atoms with Crippen LogP contribution in [0.4, 0.5) is 18.7 Å². The molecule has 0 aliphatic rings. The lowest BCUT2D eigenvalue weighted by Gasteiger charge is -2.23. The third kappa shape index (κ3) is 5.49. The molecule has 1 aromatic carbocycles. The molecular formula is C16H17F2N3O3S. The fraction of sp³-hybridized carbons (Fsp3) is 0.312. The summed E-state index contributed by atoms with van der Waals surface area (Å²) in [5.74, 6) is -2.35. The van der Waals surface area contributed by atoms with E-state index in [-0.39, 0.29) is 10.7 Å². The van der Waals surface area contributed by atoms with Crippen molar-refractivity contribution in [2.75, 3.05) is 5.32 Å². The molecule has 0 saturated carbocycles. The topological polar surface area (TPSA) is 80.3 Å². The quantitative estimate of drug-likeness (QED) is 0.862. The third-order valence-electron chi connectivity index (χ3n) is 2.85. The van der Waals surface area contributed by atoms with E-state index in [1.54, 1.807) is 26.2 Å². The predicted molar refractivity (Wildman–Crippen MR) is 89.2 cm³/mol. The van der Waals surface area contributed by atoms with E-state index in [4.69, 9.17) is 4.74 Å². The van der Waals surface area contributed by atoms with Gasteiger partial charge in [-0.1, -0.05) is 0 Å². The second kappa shape index (κ2) is 7.56. The predicted octanol–water partition coefficient (Wildman–Crippen LogP) is 3.63. The molecule has 134 valence electrons. The number of carbonyl (C=O) groups excluding carboxylic acids is 2. The number of nitrogens with one attached hydrogen (secondary N) is 2. The van der Waals surface area contributed by atoms with Crippen LogP contribution in [0.1, 0.15) is 32.4 Å². The number of carbonyl (C=O) groups is 2. The molecule has 6 nitrogen and oxygen atoms in total. The smallest absolute Gasteiger partial charge is 0.408 e. The molecule has 2 amide bonds. The van der Waals surface area contributed by atoms with E-state index in [1.165, 1.54) is 6.20 Å². The number of halogens is 2. The molecule has 1 atom stereocenters. The first-order valence-electron chi connectivity index (χ1n) is 7.30. The summed E-state index contributed by atoms with van der Waals surface area (Å²) in [6.45, 7) is 4.92. The Bertz CT molecular complexity index is 760. The van der Waals surface area contributed by atoms with Gasteiger partial charge in [-0.2, -0.15) is 0 Å². The van der Waals surface area contributed by atoms with Crippen molar-refractivity contribution in [2.45, 2.75) is 32.4 Å². The molecule has 1 aromatic heterocycles. The van der Waals surface area contributed by atoms with Crippen molar-refractivity contribution in [3.05, 3.63) is 47.0 Å². The van der Waals surface area contributed by atoms with Gasteiger partial charge in [0.2, 0.25) is 0 Å². The first-order chi connectivity index (χ1) is 11.7. The summed E-state index contributed by atoms with van der Waals surface area (Å²) in [6.07, 6.45) is 0.537. The number of aromatic nitrogens is 1. The van der Waals surface area contributed by atoms with Gasteiger partial charge in [-0.25, -0.2) is 18.6 Å². The van der Waals surface area contributed by atoms with Gasteiger partial charge < -0.3 is 10.1 Å². The van der Waals surface area contributed by atoms with Crippen molar-refractivity contribution in [1.82, 2.24) is 10.3 Å². The number of hydrogen-bond acceptors (Lipinski definition) is 5. The van der Waals surface area contributed by atoms with E-state index in [0.717, 1.165) is 29.5 Å². The first kappa shape index (κ1) is 18.8. The summed E-state index contributed by atoms with van der Waals surface area (Å²) in [7, 11) is 0. The van der Waals surface area contributed by atoms with E-state index >= 15 is 0 Å². The molecule has 0 spiro atoms. The van der Waals surface area contributed by atoms with Gasteiger partial charge in [0.25, 0.3) is 5.91 Å². The summed E-state index contributed by atoms with van der Waals surface area (Å²) in [6, 6.07) is 1.15. The molecule has 0 radical (unpaired) electrons. The Balaban J connectivity index is 2.28. The Kier molecular flexibility index (Phi) is 5.68. The summed E-state index contributed by atoms with van der Waals surface area (Å²) < 4.78 is 32.7.